The van der Waals surface area contributed by atoms with E-state index in [0.29, 0.717) is 0 Å². The van der Waals surface area contributed by atoms with Gasteiger partial charge in [0.2, 0.25) is 5.91 Å². The van der Waals surface area contributed by atoms with E-state index in [-0.39, 0.29) is 17.7 Å². The molecule has 3 aliphatic rings. The summed E-state index contributed by atoms with van der Waals surface area (Å²) in [7, 11) is 0. The number of nitrogens with one attached hydrogen (secondary N) is 1. The van der Waals surface area contributed by atoms with Crippen LogP contribution < -0.4 is 5.32 Å². The molecule has 2 fully saturated rings. The SMILES string of the molecule is O=C(NCCN1CCCCC1)C1CCc2sc(C(=O)N3CCCCC3)cc2C1. The molecule has 0 spiro atoms. The predicted molar refractivity (Wildman–Crippen MR) is 113 cm³/mol. The molecule has 154 valence electrons. The van der Waals surface area contributed by atoms with Gasteiger partial charge in [0.15, 0.2) is 0 Å². The van der Waals surface area contributed by atoms with E-state index in [2.05, 4.69) is 16.3 Å². The minimum absolute atomic E-state index is 0.0568. The van der Waals surface area contributed by atoms with Crippen LogP contribution in [0, 0.1) is 5.92 Å². The van der Waals surface area contributed by atoms with Crippen molar-refractivity contribution < 1.29 is 9.59 Å². The first kappa shape index (κ1) is 19.9. The van der Waals surface area contributed by atoms with E-state index in [0.717, 1.165) is 63.2 Å². The van der Waals surface area contributed by atoms with Crippen molar-refractivity contribution in [2.75, 3.05) is 39.3 Å². The minimum atomic E-state index is 0.0568. The summed E-state index contributed by atoms with van der Waals surface area (Å²) in [6.07, 6.45) is 10.0. The first-order valence-corrected chi connectivity index (χ1v) is 11.9. The summed E-state index contributed by atoms with van der Waals surface area (Å²) in [6, 6.07) is 2.07. The molecule has 1 unspecified atom stereocenters. The van der Waals surface area contributed by atoms with Gasteiger partial charge in [0.05, 0.1) is 4.88 Å². The lowest BCUT2D eigenvalue weighted by Crippen LogP contribution is -2.40. The van der Waals surface area contributed by atoms with Crippen molar-refractivity contribution in [3.63, 3.8) is 0 Å². The number of carbonyl (C=O) groups excluding carboxylic acids is 2. The molecule has 2 aliphatic heterocycles. The number of thiophene rings is 1. The van der Waals surface area contributed by atoms with Crippen molar-refractivity contribution in [3.8, 4) is 0 Å². The second kappa shape index (κ2) is 9.40. The van der Waals surface area contributed by atoms with Gasteiger partial charge in [-0.2, -0.15) is 0 Å². The van der Waals surface area contributed by atoms with E-state index in [9.17, 15) is 9.59 Å². The van der Waals surface area contributed by atoms with Gasteiger partial charge in [-0.25, -0.2) is 0 Å². The minimum Gasteiger partial charge on any atom is -0.355 e. The molecule has 6 heteroatoms. The molecule has 0 saturated carbocycles. The highest BCUT2D eigenvalue weighted by Crippen LogP contribution is 2.33. The van der Waals surface area contributed by atoms with Crippen molar-refractivity contribution >= 4 is 23.2 Å². The van der Waals surface area contributed by atoms with Gasteiger partial charge in [0, 0.05) is 37.0 Å². The Hall–Kier alpha value is -1.40. The molecule has 2 amide bonds. The lowest BCUT2D eigenvalue weighted by atomic mass is 9.87. The molecule has 0 radical (unpaired) electrons. The van der Waals surface area contributed by atoms with E-state index in [1.165, 1.54) is 49.2 Å². The maximum absolute atomic E-state index is 12.8. The van der Waals surface area contributed by atoms with Crippen LogP contribution in [-0.4, -0.2) is 60.9 Å². The zero-order valence-electron chi connectivity index (χ0n) is 16.9. The van der Waals surface area contributed by atoms with E-state index in [1.807, 2.05) is 4.90 Å². The van der Waals surface area contributed by atoms with Crippen molar-refractivity contribution in [1.29, 1.82) is 0 Å². The average molecular weight is 404 g/mol. The van der Waals surface area contributed by atoms with Gasteiger partial charge in [0.1, 0.15) is 0 Å². The Labute approximate surface area is 172 Å². The number of piperidine rings is 2. The first-order valence-electron chi connectivity index (χ1n) is 11.1. The molecule has 5 nitrogen and oxygen atoms in total. The summed E-state index contributed by atoms with van der Waals surface area (Å²) in [5.41, 5.74) is 1.23. The molecular weight excluding hydrogens is 370 g/mol. The number of rotatable bonds is 5. The lowest BCUT2D eigenvalue weighted by Gasteiger charge is -2.27. The Balaban J connectivity index is 1.28. The number of carbonyl (C=O) groups is 2. The Kier molecular flexibility index (Phi) is 6.68. The van der Waals surface area contributed by atoms with Crippen molar-refractivity contribution in [2.45, 2.75) is 57.8 Å². The topological polar surface area (TPSA) is 52.7 Å². The fourth-order valence-corrected chi connectivity index (χ4v) is 5.95. The van der Waals surface area contributed by atoms with Gasteiger partial charge in [0.25, 0.3) is 5.91 Å². The second-order valence-electron chi connectivity index (χ2n) is 8.54. The fraction of sp³-hybridized carbons (Fsp3) is 0.727. The molecule has 1 aromatic heterocycles. The number of hydrogen-bond acceptors (Lipinski definition) is 4. The van der Waals surface area contributed by atoms with Gasteiger partial charge in [-0.15, -0.1) is 11.3 Å². The highest BCUT2D eigenvalue weighted by atomic mass is 32.1. The average Bonchev–Trinajstić information content (AvgIpc) is 3.18. The predicted octanol–water partition coefficient (Wildman–Crippen LogP) is 3.08. The van der Waals surface area contributed by atoms with Crippen LogP contribution in [-0.2, 0) is 17.6 Å². The van der Waals surface area contributed by atoms with Crippen LogP contribution in [0.4, 0.5) is 0 Å². The van der Waals surface area contributed by atoms with E-state index in [4.69, 9.17) is 0 Å². The Morgan fingerprint density at radius 1 is 1.04 bits per heavy atom. The normalized spacial score (nSPS) is 23.3. The van der Waals surface area contributed by atoms with Crippen molar-refractivity contribution in [3.05, 3.63) is 21.4 Å². The smallest absolute Gasteiger partial charge is 0.263 e. The fourth-order valence-electron chi connectivity index (χ4n) is 4.77. The van der Waals surface area contributed by atoms with Gasteiger partial charge in [-0.1, -0.05) is 6.42 Å². The van der Waals surface area contributed by atoms with Crippen molar-refractivity contribution in [2.24, 2.45) is 5.92 Å². The summed E-state index contributed by atoms with van der Waals surface area (Å²) < 4.78 is 0. The van der Waals surface area contributed by atoms with Crippen LogP contribution >= 0.6 is 11.3 Å². The standard InChI is InChI=1S/C22H33N3O2S/c26-21(23-9-14-24-10-3-1-4-11-24)17-7-8-19-18(15-17)16-20(28-19)22(27)25-12-5-2-6-13-25/h16-17H,1-15H2,(H,23,26). The molecule has 3 heterocycles. The lowest BCUT2D eigenvalue weighted by molar-refractivity contribution is -0.125. The van der Waals surface area contributed by atoms with Crippen molar-refractivity contribution in [1.82, 2.24) is 15.1 Å². The molecule has 0 aromatic carbocycles. The molecule has 1 aliphatic carbocycles. The molecule has 2 saturated heterocycles. The summed E-state index contributed by atoms with van der Waals surface area (Å²) in [4.78, 5) is 32.1. The summed E-state index contributed by atoms with van der Waals surface area (Å²) in [6.45, 7) is 5.85. The number of likely N-dealkylation sites (tertiary alicyclic amines) is 2. The third-order valence-corrected chi connectivity index (χ3v) is 7.71. The molecule has 1 aromatic rings. The number of nitrogens with zero attached hydrogens (tertiary/aromatic N) is 2. The molecule has 28 heavy (non-hydrogen) atoms. The van der Waals surface area contributed by atoms with Crippen LogP contribution in [0.25, 0.3) is 0 Å². The Morgan fingerprint density at radius 3 is 2.50 bits per heavy atom. The van der Waals surface area contributed by atoms with Gasteiger partial charge >= 0.3 is 0 Å². The number of hydrogen-bond donors (Lipinski definition) is 1. The van der Waals surface area contributed by atoms with Crippen LogP contribution in [0.15, 0.2) is 6.07 Å². The molecule has 1 atom stereocenters. The van der Waals surface area contributed by atoms with E-state index >= 15 is 0 Å². The zero-order valence-corrected chi connectivity index (χ0v) is 17.7. The highest BCUT2D eigenvalue weighted by Gasteiger charge is 2.28. The number of fused-ring (bicyclic) bond motifs is 1. The summed E-state index contributed by atoms with van der Waals surface area (Å²) in [5, 5.41) is 3.16. The first-order chi connectivity index (χ1) is 13.7. The maximum Gasteiger partial charge on any atom is 0.263 e. The number of aryl methyl sites for hydroxylation is 1. The Morgan fingerprint density at radius 2 is 1.75 bits per heavy atom. The third-order valence-electron chi connectivity index (χ3n) is 6.48. The summed E-state index contributed by atoms with van der Waals surface area (Å²) in [5.74, 6) is 0.445. The monoisotopic (exact) mass is 403 g/mol. The van der Waals surface area contributed by atoms with Crippen LogP contribution in [0.2, 0.25) is 0 Å². The molecular formula is C22H33N3O2S. The largest absolute Gasteiger partial charge is 0.355 e. The van der Waals surface area contributed by atoms with Crippen LogP contribution in [0.1, 0.15) is 65.1 Å². The molecule has 4 rings (SSSR count). The third kappa shape index (κ3) is 4.77. The zero-order chi connectivity index (χ0) is 19.3. The molecule has 1 N–H and O–H groups in total. The van der Waals surface area contributed by atoms with Crippen LogP contribution in [0.3, 0.4) is 0 Å². The highest BCUT2D eigenvalue weighted by molar-refractivity contribution is 7.14. The number of amides is 2. The maximum atomic E-state index is 12.8. The quantitative estimate of drug-likeness (QED) is 0.822. The Bertz CT molecular complexity index is 690. The van der Waals surface area contributed by atoms with Gasteiger partial charge < -0.3 is 15.1 Å². The molecule has 0 bridgehead atoms. The second-order valence-corrected chi connectivity index (χ2v) is 9.68. The summed E-state index contributed by atoms with van der Waals surface area (Å²) >= 11 is 1.66. The van der Waals surface area contributed by atoms with Crippen LogP contribution in [0.5, 0.6) is 0 Å². The van der Waals surface area contributed by atoms with E-state index in [1.54, 1.807) is 11.3 Å². The van der Waals surface area contributed by atoms with Gasteiger partial charge in [-0.05, 0) is 76.1 Å². The van der Waals surface area contributed by atoms with Gasteiger partial charge in [-0.3, -0.25) is 9.59 Å². The van der Waals surface area contributed by atoms with E-state index < -0.39 is 0 Å².